The van der Waals surface area contributed by atoms with E-state index < -0.39 is 18.2 Å². The summed E-state index contributed by atoms with van der Waals surface area (Å²) in [5, 5.41) is 14.4. The molecule has 1 aliphatic heterocycles. The smallest absolute Gasteiger partial charge is 0.384 e. The molecule has 178 valence electrons. The Hall–Kier alpha value is -3.03. The monoisotopic (exact) mass is 488 g/mol. The minimum atomic E-state index is -4.88. The van der Waals surface area contributed by atoms with Gasteiger partial charge in [-0.15, -0.1) is 0 Å². The highest BCUT2D eigenvalue weighted by atomic mass is 35.5. The second-order valence-electron chi connectivity index (χ2n) is 8.26. The van der Waals surface area contributed by atoms with Crippen LogP contribution >= 0.6 is 11.6 Å². The number of amides is 1. The number of nitrogens with zero attached hydrogens (tertiary/aromatic N) is 1. The van der Waals surface area contributed by atoms with Crippen LogP contribution in [-0.4, -0.2) is 35.2 Å². The lowest BCUT2D eigenvalue weighted by molar-refractivity contribution is -0.185. The quantitative estimate of drug-likeness (QED) is 0.497. The number of hydrogen-bond donors (Lipinski definition) is 2. The van der Waals surface area contributed by atoms with Crippen molar-refractivity contribution in [3.8, 4) is 0 Å². The maximum atomic E-state index is 12.9. The van der Waals surface area contributed by atoms with Crippen LogP contribution in [0.15, 0.2) is 66.7 Å². The number of rotatable bonds is 5. The molecule has 0 aromatic heterocycles. The number of alkyl halides is 3. The summed E-state index contributed by atoms with van der Waals surface area (Å²) >= 11 is 6.43. The van der Waals surface area contributed by atoms with Crippen molar-refractivity contribution >= 4 is 23.2 Å². The number of benzene rings is 3. The molecule has 0 fully saturated rings. The fourth-order valence-corrected chi connectivity index (χ4v) is 4.45. The number of nitrogens with one attached hydrogen (secondary N) is 1. The summed E-state index contributed by atoms with van der Waals surface area (Å²) in [5.41, 5.74) is 4.93. The van der Waals surface area contributed by atoms with Gasteiger partial charge in [0.05, 0.1) is 10.7 Å². The molecule has 0 saturated heterocycles. The van der Waals surface area contributed by atoms with E-state index in [0.29, 0.717) is 23.7 Å². The van der Waals surface area contributed by atoms with Crippen LogP contribution in [0.1, 0.15) is 33.9 Å². The second kappa shape index (κ2) is 10.1. The maximum absolute atomic E-state index is 12.9. The molecule has 3 aromatic carbocycles. The van der Waals surface area contributed by atoms with E-state index in [2.05, 4.69) is 5.32 Å². The molecule has 0 saturated carbocycles. The van der Waals surface area contributed by atoms with Gasteiger partial charge in [0.2, 0.25) is 0 Å². The number of carbonyl (C=O) groups excluding carboxylic acids is 1. The number of aliphatic hydroxyl groups excluding tert-OH is 1. The van der Waals surface area contributed by atoms with Gasteiger partial charge in [-0.1, -0.05) is 72.3 Å². The van der Waals surface area contributed by atoms with Crippen LogP contribution in [0.3, 0.4) is 0 Å². The Morgan fingerprint density at radius 1 is 0.971 bits per heavy atom. The molecule has 1 amide bonds. The van der Waals surface area contributed by atoms with Crippen LogP contribution in [0.25, 0.3) is 0 Å². The van der Waals surface area contributed by atoms with Gasteiger partial charge in [-0.25, -0.2) is 0 Å². The van der Waals surface area contributed by atoms with Crippen molar-refractivity contribution in [1.29, 1.82) is 0 Å². The Morgan fingerprint density at radius 2 is 1.62 bits per heavy atom. The number of aliphatic hydroxyl groups is 1. The van der Waals surface area contributed by atoms with E-state index in [4.69, 9.17) is 11.6 Å². The van der Waals surface area contributed by atoms with E-state index in [1.54, 1.807) is 6.07 Å². The lowest BCUT2D eigenvalue weighted by Gasteiger charge is -2.21. The standard InChI is InChI=1S/C26H24ClF3N2O2/c27-22-11-10-18-12-14-32(25(34)26(28,29)30)15-13-21(18)23(22)31-16-17-6-8-20(9-7-17)24(33)19-4-2-1-3-5-19/h1-11,24,31,33H,12-16H2. The van der Waals surface area contributed by atoms with Gasteiger partial charge in [-0.3, -0.25) is 4.79 Å². The third-order valence-electron chi connectivity index (χ3n) is 6.05. The summed E-state index contributed by atoms with van der Waals surface area (Å²) in [6, 6.07) is 20.5. The van der Waals surface area contributed by atoms with Crippen molar-refractivity contribution in [3.63, 3.8) is 0 Å². The van der Waals surface area contributed by atoms with Gasteiger partial charge in [0.1, 0.15) is 6.10 Å². The van der Waals surface area contributed by atoms with Crippen LogP contribution in [-0.2, 0) is 24.2 Å². The van der Waals surface area contributed by atoms with Crippen molar-refractivity contribution < 1.29 is 23.1 Å². The van der Waals surface area contributed by atoms with E-state index in [1.165, 1.54) is 0 Å². The summed E-state index contributed by atoms with van der Waals surface area (Å²) in [5.74, 6) is -1.81. The molecule has 3 aromatic rings. The fourth-order valence-electron chi connectivity index (χ4n) is 4.21. The third-order valence-corrected chi connectivity index (χ3v) is 6.37. The van der Waals surface area contributed by atoms with E-state index in [0.717, 1.165) is 32.7 Å². The summed E-state index contributed by atoms with van der Waals surface area (Å²) in [6.45, 7) is 0.438. The molecule has 0 spiro atoms. The van der Waals surface area contributed by atoms with Gasteiger partial charge < -0.3 is 15.3 Å². The number of anilines is 1. The van der Waals surface area contributed by atoms with Gasteiger partial charge in [-0.2, -0.15) is 13.2 Å². The zero-order chi connectivity index (χ0) is 24.3. The van der Waals surface area contributed by atoms with Crippen LogP contribution in [0, 0.1) is 0 Å². The van der Waals surface area contributed by atoms with E-state index >= 15 is 0 Å². The molecule has 4 nitrogen and oxygen atoms in total. The fraction of sp³-hybridized carbons (Fsp3) is 0.269. The van der Waals surface area contributed by atoms with E-state index in [1.807, 2.05) is 60.7 Å². The molecule has 0 bridgehead atoms. The maximum Gasteiger partial charge on any atom is 0.471 e. The van der Waals surface area contributed by atoms with Crippen molar-refractivity contribution in [1.82, 2.24) is 4.90 Å². The summed E-state index contributed by atoms with van der Waals surface area (Å²) < 4.78 is 38.6. The lowest BCUT2D eigenvalue weighted by atomic mass is 9.99. The molecular formula is C26H24ClF3N2O2. The molecule has 4 rings (SSSR count). The van der Waals surface area contributed by atoms with Crippen molar-refractivity contribution in [2.75, 3.05) is 18.4 Å². The van der Waals surface area contributed by atoms with Gasteiger partial charge in [-0.05, 0) is 46.7 Å². The van der Waals surface area contributed by atoms with E-state index in [9.17, 15) is 23.1 Å². The highest BCUT2D eigenvalue weighted by Crippen LogP contribution is 2.33. The average molecular weight is 489 g/mol. The van der Waals surface area contributed by atoms with Crippen LogP contribution in [0.2, 0.25) is 5.02 Å². The number of hydrogen-bond acceptors (Lipinski definition) is 3. The van der Waals surface area contributed by atoms with Crippen LogP contribution in [0.4, 0.5) is 18.9 Å². The molecule has 1 aliphatic rings. The van der Waals surface area contributed by atoms with Gasteiger partial charge in [0, 0.05) is 19.6 Å². The average Bonchev–Trinajstić information content (AvgIpc) is 3.05. The highest BCUT2D eigenvalue weighted by Gasteiger charge is 2.42. The Labute approximate surface area is 201 Å². The number of carbonyl (C=O) groups is 1. The van der Waals surface area contributed by atoms with Crippen LogP contribution < -0.4 is 5.32 Å². The first-order valence-electron chi connectivity index (χ1n) is 11.0. The summed E-state index contributed by atoms with van der Waals surface area (Å²) in [7, 11) is 0. The first kappa shape index (κ1) is 24.1. The zero-order valence-electron chi connectivity index (χ0n) is 18.3. The van der Waals surface area contributed by atoms with E-state index in [-0.39, 0.29) is 19.5 Å². The molecular weight excluding hydrogens is 465 g/mol. The number of halogens is 4. The Bertz CT molecular complexity index is 1150. The molecule has 1 unspecified atom stereocenters. The topological polar surface area (TPSA) is 52.6 Å². The van der Waals surface area contributed by atoms with Crippen molar-refractivity contribution in [2.45, 2.75) is 31.7 Å². The molecule has 0 aliphatic carbocycles. The Morgan fingerprint density at radius 3 is 2.29 bits per heavy atom. The van der Waals surface area contributed by atoms with Gasteiger partial charge in [0.25, 0.3) is 0 Å². The largest absolute Gasteiger partial charge is 0.471 e. The molecule has 34 heavy (non-hydrogen) atoms. The van der Waals surface area contributed by atoms with Gasteiger partial charge in [0.15, 0.2) is 0 Å². The predicted octanol–water partition coefficient (Wildman–Crippen LogP) is 5.52. The minimum Gasteiger partial charge on any atom is -0.384 e. The second-order valence-corrected chi connectivity index (χ2v) is 8.67. The first-order chi connectivity index (χ1) is 16.2. The third kappa shape index (κ3) is 5.37. The molecule has 1 heterocycles. The molecule has 0 radical (unpaired) electrons. The SMILES string of the molecule is O=C(N1CCc2ccc(Cl)c(NCc3ccc(C(O)c4ccccc4)cc3)c2CC1)C(F)(F)F. The van der Waals surface area contributed by atoms with Crippen LogP contribution in [0.5, 0.6) is 0 Å². The molecule has 2 N–H and O–H groups in total. The van der Waals surface area contributed by atoms with Gasteiger partial charge >= 0.3 is 12.1 Å². The first-order valence-corrected chi connectivity index (χ1v) is 11.3. The normalized spacial score (nSPS) is 14.8. The Balaban J connectivity index is 1.46. The highest BCUT2D eigenvalue weighted by molar-refractivity contribution is 6.33. The minimum absolute atomic E-state index is 0.0115. The predicted molar refractivity (Wildman–Crippen MR) is 126 cm³/mol. The van der Waals surface area contributed by atoms with Crippen molar-refractivity contribution in [2.24, 2.45) is 0 Å². The summed E-state index contributed by atoms with van der Waals surface area (Å²) in [4.78, 5) is 12.5. The zero-order valence-corrected chi connectivity index (χ0v) is 19.0. The van der Waals surface area contributed by atoms with Crippen molar-refractivity contribution in [3.05, 3.63) is 99.6 Å². The number of fused-ring (bicyclic) bond motifs is 1. The lowest BCUT2D eigenvalue weighted by Crippen LogP contribution is -2.42. The summed E-state index contributed by atoms with van der Waals surface area (Å²) in [6.07, 6.45) is -4.99. The Kier molecular flexibility index (Phi) is 7.14. The molecule has 1 atom stereocenters. The molecule has 8 heteroatoms.